The van der Waals surface area contributed by atoms with Crippen molar-refractivity contribution >= 4 is 5.69 Å². The van der Waals surface area contributed by atoms with Crippen LogP contribution in [0.3, 0.4) is 0 Å². The lowest BCUT2D eigenvalue weighted by Gasteiger charge is -2.36. The summed E-state index contributed by atoms with van der Waals surface area (Å²) in [5, 5.41) is 0. The highest BCUT2D eigenvalue weighted by Gasteiger charge is 2.20. The Kier molecular flexibility index (Phi) is 5.30. The van der Waals surface area contributed by atoms with Gasteiger partial charge >= 0.3 is 0 Å². The number of para-hydroxylation sites is 2. The summed E-state index contributed by atoms with van der Waals surface area (Å²) in [4.78, 5) is 7.82. The molecular formula is C22H23F2N3O. The maximum atomic E-state index is 14.0. The van der Waals surface area contributed by atoms with Gasteiger partial charge in [-0.25, -0.2) is 8.78 Å². The summed E-state index contributed by atoms with van der Waals surface area (Å²) in [6.45, 7) is 4.32. The molecule has 0 aliphatic carbocycles. The predicted octanol–water partition coefficient (Wildman–Crippen LogP) is 4.29. The van der Waals surface area contributed by atoms with Crippen LogP contribution in [0, 0.1) is 11.6 Å². The van der Waals surface area contributed by atoms with Gasteiger partial charge in [0.15, 0.2) is 0 Å². The molecule has 1 aliphatic heterocycles. The number of halogens is 2. The van der Waals surface area contributed by atoms with Gasteiger partial charge in [0.25, 0.3) is 0 Å². The Morgan fingerprint density at radius 1 is 0.893 bits per heavy atom. The number of methoxy groups -OCH3 is 1. The molecule has 0 amide bonds. The molecule has 4 rings (SSSR count). The first-order valence-electron chi connectivity index (χ1n) is 9.38. The van der Waals surface area contributed by atoms with E-state index in [0.29, 0.717) is 5.69 Å². The van der Waals surface area contributed by atoms with Crippen LogP contribution in [0.5, 0.6) is 5.75 Å². The van der Waals surface area contributed by atoms with Crippen LogP contribution in [-0.4, -0.2) is 43.2 Å². The van der Waals surface area contributed by atoms with Crippen LogP contribution in [0.25, 0.3) is 11.3 Å². The molecule has 1 saturated heterocycles. The Balaban J connectivity index is 1.40. The third-order valence-corrected chi connectivity index (χ3v) is 5.17. The highest BCUT2D eigenvalue weighted by atomic mass is 19.1. The number of H-pyrrole nitrogens is 1. The van der Waals surface area contributed by atoms with Gasteiger partial charge < -0.3 is 14.6 Å². The summed E-state index contributed by atoms with van der Waals surface area (Å²) in [6.07, 6.45) is 0. The molecule has 1 N–H and O–H groups in total. The van der Waals surface area contributed by atoms with Gasteiger partial charge in [0.2, 0.25) is 0 Å². The fraction of sp³-hybridized carbons (Fsp3) is 0.273. The second-order valence-electron chi connectivity index (χ2n) is 6.93. The predicted molar refractivity (Wildman–Crippen MR) is 107 cm³/mol. The molecule has 2 heterocycles. The lowest BCUT2D eigenvalue weighted by atomic mass is 10.1. The summed E-state index contributed by atoms with van der Waals surface area (Å²) in [5.74, 6) is -0.227. The minimum Gasteiger partial charge on any atom is -0.495 e. The van der Waals surface area contributed by atoms with Crippen LogP contribution in [0.4, 0.5) is 14.5 Å². The van der Waals surface area contributed by atoms with Crippen molar-refractivity contribution in [3.63, 3.8) is 0 Å². The Labute approximate surface area is 163 Å². The molecular weight excluding hydrogens is 360 g/mol. The molecule has 28 heavy (non-hydrogen) atoms. The third-order valence-electron chi connectivity index (χ3n) is 5.17. The number of ether oxygens (including phenoxy) is 1. The fourth-order valence-electron chi connectivity index (χ4n) is 3.71. The Morgan fingerprint density at radius 2 is 1.61 bits per heavy atom. The van der Waals surface area contributed by atoms with E-state index >= 15 is 0 Å². The largest absolute Gasteiger partial charge is 0.495 e. The number of aromatic nitrogens is 1. The van der Waals surface area contributed by atoms with Crippen molar-refractivity contribution in [2.24, 2.45) is 0 Å². The van der Waals surface area contributed by atoms with Crippen molar-refractivity contribution in [1.82, 2.24) is 9.88 Å². The molecule has 1 aliphatic rings. The van der Waals surface area contributed by atoms with E-state index in [9.17, 15) is 8.78 Å². The number of nitrogens with one attached hydrogen (secondary N) is 1. The number of aromatic amines is 1. The van der Waals surface area contributed by atoms with E-state index in [1.165, 1.54) is 18.2 Å². The number of nitrogens with zero attached hydrogens (tertiary/aromatic N) is 2. The molecule has 0 bridgehead atoms. The van der Waals surface area contributed by atoms with Gasteiger partial charge in [0, 0.05) is 38.4 Å². The summed E-state index contributed by atoms with van der Waals surface area (Å²) in [7, 11) is 1.69. The first-order chi connectivity index (χ1) is 13.7. The fourth-order valence-corrected chi connectivity index (χ4v) is 3.71. The lowest BCUT2D eigenvalue weighted by Crippen LogP contribution is -2.46. The van der Waals surface area contributed by atoms with Crippen molar-refractivity contribution in [2.75, 3.05) is 38.2 Å². The number of benzene rings is 2. The summed E-state index contributed by atoms with van der Waals surface area (Å²) < 4.78 is 33.4. The van der Waals surface area contributed by atoms with Crippen molar-refractivity contribution in [2.45, 2.75) is 6.54 Å². The first-order valence-corrected chi connectivity index (χ1v) is 9.38. The zero-order valence-corrected chi connectivity index (χ0v) is 15.8. The Morgan fingerprint density at radius 3 is 2.32 bits per heavy atom. The molecule has 0 atom stereocenters. The zero-order valence-electron chi connectivity index (χ0n) is 15.8. The maximum absolute atomic E-state index is 14.0. The SMILES string of the molecule is COc1ccccc1N1CCN(Cc2ccc(-c3c(F)cccc3F)[nH]2)CC1. The molecule has 4 nitrogen and oxygen atoms in total. The quantitative estimate of drug-likeness (QED) is 0.713. The number of piperazine rings is 1. The van der Waals surface area contributed by atoms with E-state index in [2.05, 4.69) is 20.9 Å². The van der Waals surface area contributed by atoms with Gasteiger partial charge in [-0.05, 0) is 36.4 Å². The Bertz CT molecular complexity index is 928. The van der Waals surface area contributed by atoms with Gasteiger partial charge in [0.05, 0.1) is 24.1 Å². The van der Waals surface area contributed by atoms with E-state index in [-0.39, 0.29) is 5.56 Å². The van der Waals surface area contributed by atoms with Crippen LogP contribution in [-0.2, 0) is 6.54 Å². The molecule has 1 fully saturated rings. The molecule has 2 aromatic carbocycles. The van der Waals surface area contributed by atoms with Crippen molar-refractivity contribution in [3.05, 3.63) is 71.9 Å². The van der Waals surface area contributed by atoms with Crippen molar-refractivity contribution < 1.29 is 13.5 Å². The summed E-state index contributed by atoms with van der Waals surface area (Å²) >= 11 is 0. The number of anilines is 1. The summed E-state index contributed by atoms with van der Waals surface area (Å²) in [5.41, 5.74) is 2.53. The van der Waals surface area contributed by atoms with Crippen LogP contribution in [0.2, 0.25) is 0 Å². The van der Waals surface area contributed by atoms with Gasteiger partial charge in [-0.3, -0.25) is 4.90 Å². The van der Waals surface area contributed by atoms with Gasteiger partial charge in [-0.15, -0.1) is 0 Å². The van der Waals surface area contributed by atoms with E-state index in [4.69, 9.17) is 4.74 Å². The Hall–Kier alpha value is -2.86. The minimum absolute atomic E-state index is 0.00487. The standard InChI is InChI=1S/C22H23F2N3O/c1-28-21-8-3-2-7-20(21)27-13-11-26(12-14-27)15-16-9-10-19(25-16)22-17(23)5-4-6-18(22)24/h2-10,25H,11-15H2,1H3. The molecule has 0 saturated carbocycles. The minimum atomic E-state index is -0.557. The second-order valence-corrected chi connectivity index (χ2v) is 6.93. The van der Waals surface area contributed by atoms with E-state index in [1.807, 2.05) is 24.3 Å². The van der Waals surface area contributed by atoms with Crippen LogP contribution >= 0.6 is 0 Å². The lowest BCUT2D eigenvalue weighted by molar-refractivity contribution is 0.247. The normalized spacial score (nSPS) is 15.0. The molecule has 146 valence electrons. The van der Waals surface area contributed by atoms with Crippen LogP contribution in [0.1, 0.15) is 5.69 Å². The molecule has 6 heteroatoms. The highest BCUT2D eigenvalue weighted by molar-refractivity contribution is 5.61. The first kappa shape index (κ1) is 18.5. The van der Waals surface area contributed by atoms with Crippen LogP contribution < -0.4 is 9.64 Å². The van der Waals surface area contributed by atoms with Crippen molar-refractivity contribution in [1.29, 1.82) is 0 Å². The van der Waals surface area contributed by atoms with E-state index in [1.54, 1.807) is 13.2 Å². The van der Waals surface area contributed by atoms with Crippen molar-refractivity contribution in [3.8, 4) is 17.0 Å². The molecule has 0 spiro atoms. The van der Waals surface area contributed by atoms with Crippen LogP contribution in [0.15, 0.2) is 54.6 Å². The maximum Gasteiger partial charge on any atom is 0.142 e. The number of hydrogen-bond acceptors (Lipinski definition) is 3. The molecule has 3 aromatic rings. The number of hydrogen-bond donors (Lipinski definition) is 1. The van der Waals surface area contributed by atoms with Gasteiger partial charge in [-0.2, -0.15) is 0 Å². The topological polar surface area (TPSA) is 31.5 Å². The van der Waals surface area contributed by atoms with E-state index in [0.717, 1.165) is 49.9 Å². The zero-order chi connectivity index (χ0) is 19.5. The second kappa shape index (κ2) is 8.02. The molecule has 1 aromatic heterocycles. The third kappa shape index (κ3) is 3.73. The highest BCUT2D eigenvalue weighted by Crippen LogP contribution is 2.29. The average Bonchev–Trinajstić information content (AvgIpc) is 3.16. The average molecular weight is 383 g/mol. The molecule has 0 unspecified atom stereocenters. The van der Waals surface area contributed by atoms with E-state index < -0.39 is 11.6 Å². The summed E-state index contributed by atoms with van der Waals surface area (Å²) in [6, 6.07) is 15.6. The molecule has 0 radical (unpaired) electrons. The smallest absolute Gasteiger partial charge is 0.142 e. The van der Waals surface area contributed by atoms with Gasteiger partial charge in [0.1, 0.15) is 17.4 Å². The number of rotatable bonds is 5. The van der Waals surface area contributed by atoms with Gasteiger partial charge in [-0.1, -0.05) is 18.2 Å². The monoisotopic (exact) mass is 383 g/mol.